The third-order valence-corrected chi connectivity index (χ3v) is 2.69. The minimum absolute atomic E-state index is 0.0550. The van der Waals surface area contributed by atoms with Gasteiger partial charge in [0.15, 0.2) is 0 Å². The smallest absolute Gasteiger partial charge is 0.257 e. The van der Waals surface area contributed by atoms with Crippen molar-refractivity contribution in [2.75, 3.05) is 17.6 Å². The number of nitrogens with one attached hydrogen (secondary N) is 1. The molecule has 8 heteroatoms. The van der Waals surface area contributed by atoms with Crippen LogP contribution in [0.5, 0.6) is 0 Å². The van der Waals surface area contributed by atoms with Crippen LogP contribution in [0.3, 0.4) is 0 Å². The second kappa shape index (κ2) is 6.04. The lowest BCUT2D eigenvalue weighted by Gasteiger charge is -2.22. The molecule has 0 aliphatic heterocycles. The molecular weight excluding hydrogens is 270 g/mol. The number of nitrogen functional groups attached to an aromatic ring is 1. The summed E-state index contributed by atoms with van der Waals surface area (Å²) in [4.78, 5) is 12.2. The zero-order valence-electron chi connectivity index (χ0n) is 12.5. The summed E-state index contributed by atoms with van der Waals surface area (Å²) in [6, 6.07) is 1.76. The van der Waals surface area contributed by atoms with Crippen LogP contribution in [0.4, 0.5) is 11.9 Å². The third-order valence-electron chi connectivity index (χ3n) is 2.69. The van der Waals surface area contributed by atoms with Crippen LogP contribution in [0.2, 0.25) is 0 Å². The summed E-state index contributed by atoms with van der Waals surface area (Å²) in [6.45, 7) is 6.58. The van der Waals surface area contributed by atoms with Crippen molar-refractivity contribution in [3.63, 3.8) is 0 Å². The molecule has 8 nitrogen and oxygen atoms in total. The van der Waals surface area contributed by atoms with Gasteiger partial charge in [0.05, 0.1) is 6.10 Å². The topological polar surface area (TPSA) is 115 Å². The second-order valence-electron chi connectivity index (χ2n) is 6.07. The van der Waals surface area contributed by atoms with E-state index in [1.165, 1.54) is 4.68 Å². The van der Waals surface area contributed by atoms with Gasteiger partial charge in [-0.2, -0.15) is 20.1 Å². The Morgan fingerprint density at radius 2 is 2.10 bits per heavy atom. The molecule has 0 bridgehead atoms. The Kier molecular flexibility index (Phi) is 4.37. The maximum Gasteiger partial charge on any atom is 0.257 e. The number of rotatable bonds is 5. The minimum Gasteiger partial charge on any atom is -0.391 e. The first-order chi connectivity index (χ1) is 9.83. The second-order valence-corrected chi connectivity index (χ2v) is 6.07. The van der Waals surface area contributed by atoms with E-state index >= 15 is 0 Å². The highest BCUT2D eigenvalue weighted by Crippen LogP contribution is 2.20. The molecule has 0 saturated heterocycles. The maximum atomic E-state index is 9.99. The molecule has 0 amide bonds. The van der Waals surface area contributed by atoms with E-state index in [1.807, 2.05) is 0 Å². The SMILES string of the molecule is CC(C)(C)CC(O)CNc1nc(N)nc(-n2cccn2)n1. The van der Waals surface area contributed by atoms with Crippen molar-refractivity contribution in [3.8, 4) is 5.95 Å². The summed E-state index contributed by atoms with van der Waals surface area (Å²) in [5.74, 6) is 0.754. The number of aromatic nitrogens is 5. The Morgan fingerprint density at radius 3 is 2.71 bits per heavy atom. The number of hydrogen-bond acceptors (Lipinski definition) is 7. The Labute approximate surface area is 123 Å². The zero-order chi connectivity index (χ0) is 15.5. The fourth-order valence-electron chi connectivity index (χ4n) is 1.94. The van der Waals surface area contributed by atoms with Gasteiger partial charge in [0.1, 0.15) is 0 Å². The molecule has 2 aromatic rings. The molecule has 0 saturated carbocycles. The van der Waals surface area contributed by atoms with Crippen molar-refractivity contribution >= 4 is 11.9 Å². The minimum atomic E-state index is -0.490. The average molecular weight is 291 g/mol. The van der Waals surface area contributed by atoms with E-state index in [2.05, 4.69) is 46.1 Å². The highest BCUT2D eigenvalue weighted by molar-refractivity contribution is 5.34. The molecule has 21 heavy (non-hydrogen) atoms. The summed E-state index contributed by atoms with van der Waals surface area (Å²) < 4.78 is 1.49. The van der Waals surface area contributed by atoms with Gasteiger partial charge in [0.2, 0.25) is 11.9 Å². The van der Waals surface area contributed by atoms with Crippen molar-refractivity contribution in [1.82, 2.24) is 24.7 Å². The predicted octanol–water partition coefficient (Wildman–Crippen LogP) is 0.848. The average Bonchev–Trinajstić information content (AvgIpc) is 2.87. The van der Waals surface area contributed by atoms with Crippen molar-refractivity contribution in [2.45, 2.75) is 33.3 Å². The Hall–Kier alpha value is -2.22. The van der Waals surface area contributed by atoms with Gasteiger partial charge in [0.25, 0.3) is 5.95 Å². The summed E-state index contributed by atoms with van der Waals surface area (Å²) in [5.41, 5.74) is 5.72. The Morgan fingerprint density at radius 1 is 1.33 bits per heavy atom. The molecule has 0 fully saturated rings. The third kappa shape index (κ3) is 4.67. The van der Waals surface area contributed by atoms with Gasteiger partial charge in [-0.1, -0.05) is 20.8 Å². The molecule has 2 aromatic heterocycles. The highest BCUT2D eigenvalue weighted by Gasteiger charge is 2.17. The molecule has 114 valence electrons. The summed E-state index contributed by atoms with van der Waals surface area (Å²) in [7, 11) is 0. The zero-order valence-corrected chi connectivity index (χ0v) is 12.5. The van der Waals surface area contributed by atoms with E-state index < -0.39 is 6.10 Å². The predicted molar refractivity (Wildman–Crippen MR) is 79.9 cm³/mol. The lowest BCUT2D eigenvalue weighted by atomic mass is 9.89. The fraction of sp³-hybridized carbons (Fsp3) is 0.538. The lowest BCUT2D eigenvalue weighted by molar-refractivity contribution is 0.132. The fourth-order valence-corrected chi connectivity index (χ4v) is 1.94. The van der Waals surface area contributed by atoms with Gasteiger partial charge in [-0.25, -0.2) is 4.68 Å². The van der Waals surface area contributed by atoms with Crippen LogP contribution in [0.25, 0.3) is 5.95 Å². The molecule has 0 radical (unpaired) electrons. The van der Waals surface area contributed by atoms with Crippen LogP contribution in [0.1, 0.15) is 27.2 Å². The molecule has 4 N–H and O–H groups in total. The quantitative estimate of drug-likeness (QED) is 0.748. The molecule has 0 aliphatic carbocycles. The molecule has 2 rings (SSSR count). The van der Waals surface area contributed by atoms with Crippen molar-refractivity contribution in [1.29, 1.82) is 0 Å². The summed E-state index contributed by atoms with van der Waals surface area (Å²) >= 11 is 0. The van der Waals surface area contributed by atoms with E-state index in [0.717, 1.165) is 0 Å². The van der Waals surface area contributed by atoms with Crippen molar-refractivity contribution in [2.24, 2.45) is 5.41 Å². The van der Waals surface area contributed by atoms with Crippen LogP contribution >= 0.6 is 0 Å². The first-order valence-corrected chi connectivity index (χ1v) is 6.77. The number of aliphatic hydroxyl groups is 1. The number of anilines is 2. The maximum absolute atomic E-state index is 9.99. The monoisotopic (exact) mass is 291 g/mol. The molecule has 0 aromatic carbocycles. The van der Waals surface area contributed by atoms with E-state index in [4.69, 9.17) is 5.73 Å². The number of nitrogens with two attached hydrogens (primary N) is 1. The van der Waals surface area contributed by atoms with Gasteiger partial charge >= 0.3 is 0 Å². The molecular formula is C13H21N7O. The van der Waals surface area contributed by atoms with E-state index in [-0.39, 0.29) is 11.4 Å². The normalized spacial score (nSPS) is 13.1. The molecule has 2 heterocycles. The molecule has 1 unspecified atom stereocenters. The van der Waals surface area contributed by atoms with Crippen molar-refractivity contribution in [3.05, 3.63) is 18.5 Å². The van der Waals surface area contributed by atoms with Crippen molar-refractivity contribution < 1.29 is 5.11 Å². The first-order valence-electron chi connectivity index (χ1n) is 6.77. The first kappa shape index (κ1) is 15.2. The molecule has 1 atom stereocenters. The van der Waals surface area contributed by atoms with Gasteiger partial charge in [0, 0.05) is 18.9 Å². The van der Waals surface area contributed by atoms with Gasteiger partial charge in [-0.15, -0.1) is 0 Å². The highest BCUT2D eigenvalue weighted by atomic mass is 16.3. The van der Waals surface area contributed by atoms with Gasteiger partial charge < -0.3 is 16.2 Å². The lowest BCUT2D eigenvalue weighted by Crippen LogP contribution is -2.26. The summed E-state index contributed by atoms with van der Waals surface area (Å²) in [6.07, 6.45) is 3.52. The van der Waals surface area contributed by atoms with Crippen LogP contribution in [0, 0.1) is 5.41 Å². The molecule has 0 aliphatic rings. The largest absolute Gasteiger partial charge is 0.391 e. The number of aliphatic hydroxyl groups excluding tert-OH is 1. The van der Waals surface area contributed by atoms with Crippen LogP contribution < -0.4 is 11.1 Å². The van der Waals surface area contributed by atoms with Gasteiger partial charge in [-0.3, -0.25) is 0 Å². The number of hydrogen-bond donors (Lipinski definition) is 3. The Bertz CT molecular complexity index is 577. The summed E-state index contributed by atoms with van der Waals surface area (Å²) in [5, 5.41) is 17.0. The van der Waals surface area contributed by atoms with Crippen LogP contribution in [-0.4, -0.2) is 42.5 Å². The standard InChI is InChI=1S/C13H21N7O/c1-13(2,3)7-9(21)8-15-11-17-10(14)18-12(19-11)20-6-4-5-16-20/h4-6,9,21H,7-8H2,1-3H3,(H3,14,15,17,18,19). The van der Waals surface area contributed by atoms with E-state index in [9.17, 15) is 5.11 Å². The van der Waals surface area contributed by atoms with Gasteiger partial charge in [-0.05, 0) is 17.9 Å². The molecule has 0 spiro atoms. The van der Waals surface area contributed by atoms with E-state index in [1.54, 1.807) is 18.5 Å². The number of nitrogens with zero attached hydrogens (tertiary/aromatic N) is 5. The van der Waals surface area contributed by atoms with Crippen LogP contribution in [0.15, 0.2) is 18.5 Å². The Balaban J connectivity index is 2.04. The van der Waals surface area contributed by atoms with E-state index in [0.29, 0.717) is 24.9 Å². The van der Waals surface area contributed by atoms with Crippen LogP contribution in [-0.2, 0) is 0 Å².